The molecule has 2 aromatic heterocycles. The Morgan fingerprint density at radius 1 is 1.09 bits per heavy atom. The Hall–Kier alpha value is -3.57. The lowest BCUT2D eigenvalue weighted by atomic mass is 10.2. The maximum Gasteiger partial charge on any atom is 0.224 e. The van der Waals surface area contributed by atoms with Gasteiger partial charge in [0.25, 0.3) is 0 Å². The fourth-order valence-corrected chi connectivity index (χ4v) is 3.77. The summed E-state index contributed by atoms with van der Waals surface area (Å²) in [7, 11) is 1.45. The summed E-state index contributed by atoms with van der Waals surface area (Å²) in [6.07, 6.45) is 5.80. The molecule has 1 aliphatic rings. The summed E-state index contributed by atoms with van der Waals surface area (Å²) >= 11 is 0. The zero-order valence-corrected chi connectivity index (χ0v) is 18.5. The van der Waals surface area contributed by atoms with Gasteiger partial charge in [0.2, 0.25) is 5.95 Å². The Morgan fingerprint density at radius 3 is 2.45 bits per heavy atom. The molecule has 174 valence electrons. The van der Waals surface area contributed by atoms with Gasteiger partial charge in [-0.2, -0.15) is 15.1 Å². The Morgan fingerprint density at radius 2 is 1.79 bits per heavy atom. The summed E-state index contributed by atoms with van der Waals surface area (Å²) < 4.78 is 28.6. The number of nitrogen functional groups attached to an aromatic ring is 1. The van der Waals surface area contributed by atoms with E-state index in [1.54, 1.807) is 16.9 Å². The molecule has 1 saturated heterocycles. The number of nitrogens with two attached hydrogens (primary N) is 1. The molecule has 11 heteroatoms. The Kier molecular flexibility index (Phi) is 6.52. The first-order chi connectivity index (χ1) is 15.8. The normalized spacial score (nSPS) is 14.9. The maximum atomic E-state index is 13.5. The van der Waals surface area contributed by atoms with Crippen LogP contribution >= 0.6 is 0 Å². The largest absolute Gasteiger partial charge is 0.369 e. The zero-order valence-electron chi connectivity index (χ0n) is 18.5. The molecule has 1 aliphatic heterocycles. The lowest BCUT2D eigenvalue weighted by Crippen LogP contribution is -2.46. The van der Waals surface area contributed by atoms with Crippen LogP contribution in [0, 0.1) is 18.6 Å². The van der Waals surface area contributed by atoms with Crippen molar-refractivity contribution in [3.63, 3.8) is 0 Å². The van der Waals surface area contributed by atoms with Crippen molar-refractivity contribution in [2.45, 2.75) is 6.92 Å². The fourth-order valence-electron chi connectivity index (χ4n) is 3.77. The van der Waals surface area contributed by atoms with E-state index in [1.165, 1.54) is 19.2 Å². The first-order valence-electron chi connectivity index (χ1n) is 10.5. The molecule has 0 spiro atoms. The molecule has 0 unspecified atom stereocenters. The van der Waals surface area contributed by atoms with Crippen molar-refractivity contribution in [1.29, 1.82) is 0 Å². The van der Waals surface area contributed by atoms with Crippen LogP contribution in [0.2, 0.25) is 0 Å². The van der Waals surface area contributed by atoms with Crippen LogP contribution in [-0.4, -0.2) is 69.6 Å². The van der Waals surface area contributed by atoms with Crippen molar-refractivity contribution in [2.75, 3.05) is 55.5 Å². The highest BCUT2D eigenvalue weighted by atomic mass is 19.1. The summed E-state index contributed by atoms with van der Waals surface area (Å²) in [6.45, 7) is 5.64. The molecule has 0 saturated carbocycles. The summed E-state index contributed by atoms with van der Waals surface area (Å²) in [6, 6.07) is 5.21. The standard InChI is InChI=1S/C22H26F2N8O/c1-15-16(14-26-32(15)21-13-20(29(2)33)27-22(25)28-21)4-3-5-30-6-8-31(9-7-30)19-11-17(23)10-18(24)12-19/h3-4,10-14,33H,5-9H2,1-2H3,(H2,25,27,28)/b4-3+. The van der Waals surface area contributed by atoms with Gasteiger partial charge in [0.15, 0.2) is 11.6 Å². The molecule has 3 N–H and O–H groups in total. The third kappa shape index (κ3) is 5.26. The predicted molar refractivity (Wildman–Crippen MR) is 123 cm³/mol. The van der Waals surface area contributed by atoms with Crippen LogP contribution in [-0.2, 0) is 0 Å². The number of nitrogens with zero attached hydrogens (tertiary/aromatic N) is 7. The molecule has 0 aliphatic carbocycles. The van der Waals surface area contributed by atoms with E-state index in [2.05, 4.69) is 26.0 Å². The van der Waals surface area contributed by atoms with E-state index in [1.807, 2.05) is 17.9 Å². The molecular weight excluding hydrogens is 430 g/mol. The van der Waals surface area contributed by atoms with E-state index < -0.39 is 11.6 Å². The van der Waals surface area contributed by atoms with Gasteiger partial charge in [-0.05, 0) is 19.1 Å². The minimum Gasteiger partial charge on any atom is -0.369 e. The average Bonchev–Trinajstić information content (AvgIpc) is 3.13. The first-order valence-corrected chi connectivity index (χ1v) is 10.5. The molecule has 0 amide bonds. The van der Waals surface area contributed by atoms with E-state index >= 15 is 0 Å². The van der Waals surface area contributed by atoms with Crippen LogP contribution in [0.15, 0.2) is 36.5 Å². The second-order valence-electron chi connectivity index (χ2n) is 7.88. The molecule has 0 bridgehead atoms. The summed E-state index contributed by atoms with van der Waals surface area (Å²) in [4.78, 5) is 12.4. The second-order valence-corrected chi connectivity index (χ2v) is 7.88. The van der Waals surface area contributed by atoms with Crippen molar-refractivity contribution < 1.29 is 14.0 Å². The van der Waals surface area contributed by atoms with Gasteiger partial charge in [0, 0.05) is 63.2 Å². The number of aromatic nitrogens is 4. The third-order valence-electron chi connectivity index (χ3n) is 5.56. The van der Waals surface area contributed by atoms with Gasteiger partial charge in [-0.3, -0.25) is 10.1 Å². The molecular formula is C22H26F2N8O. The van der Waals surface area contributed by atoms with Crippen LogP contribution < -0.4 is 15.7 Å². The topological polar surface area (TPSA) is 99.6 Å². The molecule has 33 heavy (non-hydrogen) atoms. The number of hydrogen-bond donors (Lipinski definition) is 2. The minimum atomic E-state index is -0.560. The zero-order chi connectivity index (χ0) is 23.5. The first kappa shape index (κ1) is 22.6. The van der Waals surface area contributed by atoms with E-state index in [-0.39, 0.29) is 11.8 Å². The van der Waals surface area contributed by atoms with Gasteiger partial charge in [0.05, 0.1) is 11.9 Å². The van der Waals surface area contributed by atoms with E-state index in [9.17, 15) is 14.0 Å². The molecule has 0 radical (unpaired) electrons. The molecule has 1 aromatic carbocycles. The van der Waals surface area contributed by atoms with Gasteiger partial charge < -0.3 is 10.6 Å². The van der Waals surface area contributed by atoms with Crippen LogP contribution in [0.4, 0.5) is 26.2 Å². The molecule has 9 nitrogen and oxygen atoms in total. The van der Waals surface area contributed by atoms with Gasteiger partial charge in [-0.1, -0.05) is 12.2 Å². The number of benzene rings is 1. The Balaban J connectivity index is 1.37. The minimum absolute atomic E-state index is 0.0375. The van der Waals surface area contributed by atoms with Gasteiger partial charge in [-0.25, -0.2) is 18.5 Å². The number of hydrogen-bond acceptors (Lipinski definition) is 8. The highest BCUT2D eigenvalue weighted by molar-refractivity contribution is 5.53. The van der Waals surface area contributed by atoms with Gasteiger partial charge in [-0.15, -0.1) is 0 Å². The van der Waals surface area contributed by atoms with Crippen LogP contribution in [0.3, 0.4) is 0 Å². The lowest BCUT2D eigenvalue weighted by Gasteiger charge is -2.35. The highest BCUT2D eigenvalue weighted by Gasteiger charge is 2.17. The molecule has 3 heterocycles. The van der Waals surface area contributed by atoms with Crippen LogP contribution in [0.5, 0.6) is 0 Å². The van der Waals surface area contributed by atoms with Crippen LogP contribution in [0.1, 0.15) is 11.3 Å². The van der Waals surface area contributed by atoms with E-state index in [4.69, 9.17) is 5.73 Å². The van der Waals surface area contributed by atoms with Crippen molar-refractivity contribution in [2.24, 2.45) is 0 Å². The van der Waals surface area contributed by atoms with Crippen molar-refractivity contribution in [3.8, 4) is 5.82 Å². The van der Waals surface area contributed by atoms with Gasteiger partial charge >= 0.3 is 0 Å². The second kappa shape index (κ2) is 9.51. The van der Waals surface area contributed by atoms with Crippen LogP contribution in [0.25, 0.3) is 11.9 Å². The Labute approximate surface area is 190 Å². The Bertz CT molecular complexity index is 1140. The summed E-state index contributed by atoms with van der Waals surface area (Å²) in [5.74, 6) is -0.355. The monoisotopic (exact) mass is 456 g/mol. The summed E-state index contributed by atoms with van der Waals surface area (Å²) in [5.41, 5.74) is 8.13. The number of halogens is 2. The molecule has 4 rings (SSSR count). The van der Waals surface area contributed by atoms with Crippen molar-refractivity contribution in [3.05, 3.63) is 59.4 Å². The third-order valence-corrected chi connectivity index (χ3v) is 5.56. The van der Waals surface area contributed by atoms with E-state index in [0.717, 1.165) is 42.0 Å². The quantitative estimate of drug-likeness (QED) is 0.546. The SMILES string of the molecule is Cc1c(/C=C/CN2CCN(c3cc(F)cc(F)c3)CC2)cnn1-c1cc(N(C)O)nc(N)n1. The number of rotatable bonds is 6. The highest BCUT2D eigenvalue weighted by Crippen LogP contribution is 2.20. The number of anilines is 3. The number of hydroxylamine groups is 1. The fraction of sp³-hybridized carbons (Fsp3) is 0.318. The molecule has 0 atom stereocenters. The average molecular weight is 457 g/mol. The molecule has 3 aromatic rings. The maximum absolute atomic E-state index is 13.5. The smallest absolute Gasteiger partial charge is 0.224 e. The summed E-state index contributed by atoms with van der Waals surface area (Å²) in [5, 5.41) is 14.9. The van der Waals surface area contributed by atoms with Crippen molar-refractivity contribution >= 4 is 23.5 Å². The van der Waals surface area contributed by atoms with E-state index in [0.29, 0.717) is 24.6 Å². The van der Waals surface area contributed by atoms with Gasteiger partial charge in [0.1, 0.15) is 11.6 Å². The number of piperazine rings is 1. The predicted octanol–water partition coefficient (Wildman–Crippen LogP) is 2.49. The van der Waals surface area contributed by atoms with Crippen molar-refractivity contribution in [1.82, 2.24) is 24.6 Å². The molecule has 1 fully saturated rings. The lowest BCUT2D eigenvalue weighted by molar-refractivity contribution is 0.276.